The highest BCUT2D eigenvalue weighted by molar-refractivity contribution is 5.97. The van der Waals surface area contributed by atoms with Crippen LogP contribution in [0, 0.1) is 0 Å². The zero-order chi connectivity index (χ0) is 19.5. The van der Waals surface area contributed by atoms with Gasteiger partial charge in [-0.15, -0.1) is 0 Å². The number of hydrogen-bond acceptors (Lipinski definition) is 6. The largest absolute Gasteiger partial charge is 0.351 e. The van der Waals surface area contributed by atoms with Gasteiger partial charge in [0.25, 0.3) is 5.91 Å². The molecule has 9 heteroatoms. The number of rotatable bonds is 5. The Morgan fingerprint density at radius 1 is 1.18 bits per heavy atom. The van der Waals surface area contributed by atoms with Crippen LogP contribution in [0.25, 0.3) is 11.0 Å². The van der Waals surface area contributed by atoms with E-state index in [1.807, 2.05) is 6.07 Å². The van der Waals surface area contributed by atoms with Crippen molar-refractivity contribution in [2.45, 2.75) is 0 Å². The van der Waals surface area contributed by atoms with Gasteiger partial charge in [0.15, 0.2) is 0 Å². The molecule has 2 aromatic heterocycles. The van der Waals surface area contributed by atoms with Gasteiger partial charge >= 0.3 is 5.69 Å². The van der Waals surface area contributed by atoms with Crippen LogP contribution < -0.4 is 15.9 Å². The molecule has 28 heavy (non-hydrogen) atoms. The Bertz CT molecular complexity index is 1020. The second-order valence-corrected chi connectivity index (χ2v) is 6.85. The molecule has 146 valence electrons. The Labute approximate surface area is 162 Å². The highest BCUT2D eigenvalue weighted by Crippen LogP contribution is 2.12. The van der Waals surface area contributed by atoms with Crippen LogP contribution in [0.15, 0.2) is 41.5 Å². The van der Waals surface area contributed by atoms with Crippen LogP contribution in [-0.2, 0) is 7.05 Å². The van der Waals surface area contributed by atoms with Crippen LogP contribution in [0.3, 0.4) is 0 Å². The van der Waals surface area contributed by atoms with Crippen molar-refractivity contribution in [3.05, 3.63) is 52.7 Å². The molecular formula is C19H23N7O2. The van der Waals surface area contributed by atoms with E-state index < -0.39 is 0 Å². The number of H-pyrrole nitrogens is 1. The molecule has 0 bridgehead atoms. The Morgan fingerprint density at radius 2 is 1.93 bits per heavy atom. The smallest absolute Gasteiger partial charge is 0.326 e. The van der Waals surface area contributed by atoms with E-state index in [-0.39, 0.29) is 11.6 Å². The van der Waals surface area contributed by atoms with Crippen LogP contribution >= 0.6 is 0 Å². The minimum absolute atomic E-state index is 0.136. The van der Waals surface area contributed by atoms with Gasteiger partial charge in [-0.25, -0.2) is 14.8 Å². The molecule has 0 atom stereocenters. The Balaban J connectivity index is 1.26. The van der Waals surface area contributed by atoms with Gasteiger partial charge in [-0.05, 0) is 24.3 Å². The number of benzene rings is 1. The highest BCUT2D eigenvalue weighted by atomic mass is 16.2. The molecule has 1 amide bonds. The molecule has 0 saturated carbocycles. The lowest BCUT2D eigenvalue weighted by Gasteiger charge is -2.34. The molecule has 1 aromatic carbocycles. The molecule has 0 unspecified atom stereocenters. The molecular weight excluding hydrogens is 358 g/mol. The van der Waals surface area contributed by atoms with Crippen LogP contribution in [0.1, 0.15) is 10.4 Å². The summed E-state index contributed by atoms with van der Waals surface area (Å²) in [6.45, 7) is 4.92. The topological polar surface area (TPSA) is 99.1 Å². The van der Waals surface area contributed by atoms with Crippen LogP contribution in [0.4, 0.5) is 5.95 Å². The van der Waals surface area contributed by atoms with Gasteiger partial charge < -0.3 is 15.2 Å². The van der Waals surface area contributed by atoms with Crippen molar-refractivity contribution in [2.75, 3.05) is 44.2 Å². The van der Waals surface area contributed by atoms with E-state index in [1.165, 1.54) is 4.57 Å². The number of imidazole rings is 1. The average Bonchev–Trinajstić information content (AvgIpc) is 3.02. The number of aromatic nitrogens is 4. The van der Waals surface area contributed by atoms with Crippen molar-refractivity contribution < 1.29 is 4.79 Å². The number of nitrogens with one attached hydrogen (secondary N) is 2. The first kappa shape index (κ1) is 18.2. The molecule has 3 aromatic rings. The maximum Gasteiger partial charge on any atom is 0.326 e. The number of fused-ring (bicyclic) bond motifs is 1. The fraction of sp³-hybridized carbons (Fsp3) is 0.368. The number of carbonyl (C=O) groups excluding carboxylic acids is 1. The number of amides is 1. The predicted molar refractivity (Wildman–Crippen MR) is 107 cm³/mol. The van der Waals surface area contributed by atoms with E-state index in [0.717, 1.165) is 44.2 Å². The maximum absolute atomic E-state index is 12.4. The van der Waals surface area contributed by atoms with Gasteiger partial charge in [0.2, 0.25) is 5.95 Å². The van der Waals surface area contributed by atoms with E-state index >= 15 is 0 Å². The molecule has 3 heterocycles. The fourth-order valence-corrected chi connectivity index (χ4v) is 3.43. The molecule has 1 aliphatic rings. The number of carbonyl (C=O) groups is 1. The highest BCUT2D eigenvalue weighted by Gasteiger charge is 2.18. The normalized spacial score (nSPS) is 15.1. The van der Waals surface area contributed by atoms with Gasteiger partial charge in [0.1, 0.15) is 0 Å². The molecule has 9 nitrogen and oxygen atoms in total. The van der Waals surface area contributed by atoms with Gasteiger partial charge in [0, 0.05) is 64.3 Å². The lowest BCUT2D eigenvalue weighted by Crippen LogP contribution is -2.49. The number of nitrogens with zero attached hydrogens (tertiary/aromatic N) is 5. The zero-order valence-corrected chi connectivity index (χ0v) is 15.8. The number of aromatic amines is 1. The Kier molecular flexibility index (Phi) is 5.07. The molecule has 0 spiro atoms. The second kappa shape index (κ2) is 7.81. The maximum atomic E-state index is 12.4. The average molecular weight is 381 g/mol. The number of piperazine rings is 1. The van der Waals surface area contributed by atoms with Crippen molar-refractivity contribution >= 4 is 22.9 Å². The van der Waals surface area contributed by atoms with Crippen molar-refractivity contribution in [1.82, 2.24) is 29.7 Å². The van der Waals surface area contributed by atoms with Crippen molar-refractivity contribution in [3.63, 3.8) is 0 Å². The molecule has 0 radical (unpaired) electrons. The molecule has 2 N–H and O–H groups in total. The zero-order valence-electron chi connectivity index (χ0n) is 15.8. The lowest BCUT2D eigenvalue weighted by atomic mass is 10.2. The number of hydrogen-bond donors (Lipinski definition) is 2. The summed E-state index contributed by atoms with van der Waals surface area (Å²) in [5.41, 5.74) is 1.80. The number of anilines is 1. The third kappa shape index (κ3) is 3.74. The summed E-state index contributed by atoms with van der Waals surface area (Å²) in [6, 6.07) is 7.05. The van der Waals surface area contributed by atoms with Crippen molar-refractivity contribution in [1.29, 1.82) is 0 Å². The standard InChI is InChI=1S/C19H23N7O2/c1-24-16-4-3-14(13-15(16)23-19(24)28)17(27)20-7-8-25-9-11-26(12-10-25)18-21-5-2-6-22-18/h2-6,13H,7-12H2,1H3,(H,20,27)(H,23,28). The predicted octanol–water partition coefficient (Wildman–Crippen LogP) is 0.209. The minimum Gasteiger partial charge on any atom is -0.351 e. The van der Waals surface area contributed by atoms with E-state index in [4.69, 9.17) is 0 Å². The monoisotopic (exact) mass is 381 g/mol. The quantitative estimate of drug-likeness (QED) is 0.656. The van der Waals surface area contributed by atoms with Crippen LogP contribution in [0.2, 0.25) is 0 Å². The summed E-state index contributed by atoms with van der Waals surface area (Å²) in [5, 5.41) is 2.96. The summed E-state index contributed by atoms with van der Waals surface area (Å²) >= 11 is 0. The summed E-state index contributed by atoms with van der Waals surface area (Å²) in [6.07, 6.45) is 3.51. The molecule has 1 saturated heterocycles. The first-order valence-corrected chi connectivity index (χ1v) is 9.33. The Morgan fingerprint density at radius 3 is 2.68 bits per heavy atom. The first-order valence-electron chi connectivity index (χ1n) is 9.33. The third-order valence-corrected chi connectivity index (χ3v) is 5.09. The molecule has 4 rings (SSSR count). The number of aryl methyl sites for hydroxylation is 1. The minimum atomic E-state index is -0.187. The summed E-state index contributed by atoms with van der Waals surface area (Å²) in [5.74, 6) is 0.632. The first-order chi connectivity index (χ1) is 13.6. The fourth-order valence-electron chi connectivity index (χ4n) is 3.43. The van der Waals surface area contributed by atoms with Gasteiger partial charge in [-0.3, -0.25) is 14.3 Å². The van der Waals surface area contributed by atoms with E-state index in [0.29, 0.717) is 17.6 Å². The van der Waals surface area contributed by atoms with Crippen LogP contribution in [-0.4, -0.2) is 69.6 Å². The van der Waals surface area contributed by atoms with Crippen LogP contribution in [0.5, 0.6) is 0 Å². The summed E-state index contributed by atoms with van der Waals surface area (Å²) in [4.78, 5) is 39.9. The van der Waals surface area contributed by atoms with Crippen molar-refractivity contribution in [3.8, 4) is 0 Å². The molecule has 0 aliphatic carbocycles. The van der Waals surface area contributed by atoms with Gasteiger partial charge in [0.05, 0.1) is 11.0 Å². The molecule has 1 aliphatic heterocycles. The van der Waals surface area contributed by atoms with Gasteiger partial charge in [-0.2, -0.15) is 0 Å². The van der Waals surface area contributed by atoms with E-state index in [9.17, 15) is 9.59 Å². The van der Waals surface area contributed by atoms with Gasteiger partial charge in [-0.1, -0.05) is 0 Å². The van der Waals surface area contributed by atoms with E-state index in [1.54, 1.807) is 37.6 Å². The molecule has 1 fully saturated rings. The second-order valence-electron chi connectivity index (χ2n) is 6.85. The van der Waals surface area contributed by atoms with Crippen molar-refractivity contribution in [2.24, 2.45) is 7.05 Å². The Hall–Kier alpha value is -3.20. The summed E-state index contributed by atoms with van der Waals surface area (Å²) < 4.78 is 1.52. The lowest BCUT2D eigenvalue weighted by molar-refractivity contribution is 0.0948. The van der Waals surface area contributed by atoms with E-state index in [2.05, 4.69) is 30.1 Å². The SMILES string of the molecule is Cn1c(=O)[nH]c2cc(C(=O)NCCN3CCN(c4ncccn4)CC3)ccc21. The summed E-state index contributed by atoms with van der Waals surface area (Å²) in [7, 11) is 1.70. The third-order valence-electron chi connectivity index (χ3n) is 5.09.